The first kappa shape index (κ1) is 26.0. The van der Waals surface area contributed by atoms with Crippen molar-refractivity contribution in [2.45, 2.75) is 27.2 Å². The molecule has 3 N–H and O–H groups in total. The summed E-state index contributed by atoms with van der Waals surface area (Å²) in [6.45, 7) is 10.3. The first-order chi connectivity index (χ1) is 18.3. The lowest BCUT2D eigenvalue weighted by Gasteiger charge is -2.29. The number of hydrogen-bond acceptors (Lipinski definition) is 4. The second-order valence-corrected chi connectivity index (χ2v) is 9.99. The van der Waals surface area contributed by atoms with Crippen LogP contribution in [-0.2, 0) is 11.2 Å². The highest BCUT2D eigenvalue weighted by Gasteiger charge is 2.31. The third kappa shape index (κ3) is 4.81. The third-order valence-corrected chi connectivity index (χ3v) is 7.68. The quantitative estimate of drug-likeness (QED) is 0.324. The number of carbonyl (C=O) groups is 2. The monoisotopic (exact) mass is 535 g/mol. The summed E-state index contributed by atoms with van der Waals surface area (Å²) in [5.74, 6) is -0.700. The van der Waals surface area contributed by atoms with E-state index in [1.807, 2.05) is 36.1 Å². The second-order valence-electron chi connectivity index (χ2n) is 9.58. The van der Waals surface area contributed by atoms with Crippen molar-refractivity contribution in [3.05, 3.63) is 75.3 Å². The van der Waals surface area contributed by atoms with Crippen molar-refractivity contribution in [3.63, 3.8) is 0 Å². The Bertz CT molecular complexity index is 1440. The molecule has 0 saturated heterocycles. The zero-order valence-electron chi connectivity index (χ0n) is 21.8. The molecule has 38 heavy (non-hydrogen) atoms. The van der Waals surface area contributed by atoms with Gasteiger partial charge in [-0.2, -0.15) is 0 Å². The molecule has 2 aliphatic heterocycles. The number of halogens is 2. The number of aromatic nitrogens is 1. The highest BCUT2D eigenvalue weighted by Crippen LogP contribution is 2.40. The summed E-state index contributed by atoms with van der Waals surface area (Å²) in [7, 11) is 0. The number of aromatic amines is 1. The number of anilines is 3. The Balaban J connectivity index is 1.46. The molecule has 0 aliphatic carbocycles. The van der Waals surface area contributed by atoms with Crippen molar-refractivity contribution in [1.82, 2.24) is 14.8 Å². The minimum atomic E-state index is -0.500. The molecule has 0 radical (unpaired) electrons. The number of benzene rings is 2. The largest absolute Gasteiger partial charge is 0.358 e. The van der Waals surface area contributed by atoms with Gasteiger partial charge in [0.15, 0.2) is 0 Å². The summed E-state index contributed by atoms with van der Waals surface area (Å²) in [5, 5.41) is 6.19. The topological polar surface area (TPSA) is 80.5 Å². The van der Waals surface area contributed by atoms with E-state index in [0.717, 1.165) is 43.0 Å². The average Bonchev–Trinajstić information content (AvgIpc) is 3.40. The Labute approximate surface area is 226 Å². The van der Waals surface area contributed by atoms with Gasteiger partial charge in [-0.1, -0.05) is 31.5 Å². The molecular weight excluding hydrogens is 505 g/mol. The van der Waals surface area contributed by atoms with E-state index in [9.17, 15) is 14.0 Å². The summed E-state index contributed by atoms with van der Waals surface area (Å²) in [4.78, 5) is 34.1. The van der Waals surface area contributed by atoms with E-state index in [2.05, 4.69) is 34.4 Å². The highest BCUT2D eigenvalue weighted by atomic mass is 35.5. The first-order valence-corrected chi connectivity index (χ1v) is 13.3. The third-order valence-electron chi connectivity index (χ3n) is 7.39. The molecule has 3 aromatic rings. The molecular formula is C29H31ClFN5O2. The molecule has 9 heteroatoms. The van der Waals surface area contributed by atoms with Gasteiger partial charge in [0, 0.05) is 54.4 Å². The number of hydrogen-bond donors (Lipinski definition) is 3. The molecule has 0 fully saturated rings. The Morgan fingerprint density at radius 1 is 1.16 bits per heavy atom. The maximum Gasteiger partial charge on any atom is 0.256 e. The van der Waals surface area contributed by atoms with Crippen molar-refractivity contribution in [3.8, 4) is 0 Å². The van der Waals surface area contributed by atoms with Gasteiger partial charge in [-0.25, -0.2) is 4.39 Å². The fourth-order valence-electron chi connectivity index (χ4n) is 5.19. The normalized spacial score (nSPS) is 15.7. The summed E-state index contributed by atoms with van der Waals surface area (Å²) >= 11 is 5.97. The van der Waals surface area contributed by atoms with Crippen LogP contribution in [0.2, 0.25) is 5.02 Å². The number of H-pyrrole nitrogens is 1. The summed E-state index contributed by atoms with van der Waals surface area (Å²) in [6, 6.07) is 9.91. The van der Waals surface area contributed by atoms with Crippen LogP contribution in [0.4, 0.5) is 21.5 Å². The van der Waals surface area contributed by atoms with Gasteiger partial charge in [0.05, 0.1) is 21.8 Å². The molecule has 5 rings (SSSR count). The van der Waals surface area contributed by atoms with Crippen molar-refractivity contribution in [2.75, 3.05) is 43.4 Å². The predicted octanol–water partition coefficient (Wildman–Crippen LogP) is 5.69. The van der Waals surface area contributed by atoms with Crippen molar-refractivity contribution < 1.29 is 14.0 Å². The minimum absolute atomic E-state index is 0.0101. The Kier molecular flexibility index (Phi) is 7.27. The molecule has 0 unspecified atom stereocenters. The average molecular weight is 536 g/mol. The number of carbonyl (C=O) groups excluding carboxylic acids is 2. The zero-order chi connectivity index (χ0) is 27.0. The smallest absolute Gasteiger partial charge is 0.256 e. The number of fused-ring (bicyclic) bond motifs is 2. The van der Waals surface area contributed by atoms with Crippen LogP contribution < -0.4 is 10.6 Å². The molecule has 1 aromatic heterocycles. The van der Waals surface area contributed by atoms with Gasteiger partial charge in [-0.3, -0.25) is 9.59 Å². The molecule has 2 aliphatic rings. The Morgan fingerprint density at radius 3 is 2.68 bits per heavy atom. The lowest BCUT2D eigenvalue weighted by molar-refractivity contribution is -0.110. The van der Waals surface area contributed by atoms with Crippen LogP contribution in [0, 0.1) is 12.7 Å². The van der Waals surface area contributed by atoms with E-state index >= 15 is 0 Å². The van der Waals surface area contributed by atoms with Crippen LogP contribution in [0.1, 0.15) is 46.7 Å². The second kappa shape index (κ2) is 10.6. The molecule has 2 aromatic carbocycles. The number of nitrogens with one attached hydrogen (secondary N) is 3. The van der Waals surface area contributed by atoms with Gasteiger partial charge >= 0.3 is 0 Å². The van der Waals surface area contributed by atoms with E-state index in [1.54, 1.807) is 6.07 Å². The van der Waals surface area contributed by atoms with E-state index in [-0.39, 0.29) is 16.8 Å². The minimum Gasteiger partial charge on any atom is -0.358 e. The summed E-state index contributed by atoms with van der Waals surface area (Å²) < 4.78 is 13.7. The fourth-order valence-corrected chi connectivity index (χ4v) is 5.37. The van der Waals surface area contributed by atoms with Crippen LogP contribution in [-0.4, -0.2) is 59.3 Å². The molecule has 0 saturated carbocycles. The van der Waals surface area contributed by atoms with Crippen LogP contribution in [0.15, 0.2) is 36.4 Å². The highest BCUT2D eigenvalue weighted by molar-refractivity contribution is 6.36. The molecule has 198 valence electrons. The zero-order valence-corrected chi connectivity index (χ0v) is 22.5. The van der Waals surface area contributed by atoms with Gasteiger partial charge in [0.2, 0.25) is 0 Å². The van der Waals surface area contributed by atoms with Gasteiger partial charge in [0.1, 0.15) is 5.82 Å². The van der Waals surface area contributed by atoms with E-state index in [4.69, 9.17) is 11.6 Å². The lowest BCUT2D eigenvalue weighted by atomic mass is 10.00. The van der Waals surface area contributed by atoms with Crippen molar-refractivity contribution >= 4 is 52.1 Å². The van der Waals surface area contributed by atoms with E-state index in [0.29, 0.717) is 46.9 Å². The number of rotatable bonds is 8. The summed E-state index contributed by atoms with van der Waals surface area (Å²) in [5.41, 5.74) is 6.33. The summed E-state index contributed by atoms with van der Waals surface area (Å²) in [6.07, 6.45) is 2.55. The van der Waals surface area contributed by atoms with Gasteiger partial charge in [-0.05, 0) is 62.0 Å². The van der Waals surface area contributed by atoms with Crippen LogP contribution >= 0.6 is 11.6 Å². The SMILES string of the molecule is CCN(CC)CCN1CCc2[nH]c(/C=C3\C(=O)Nc4cccc(Nc5ccc(F)c(Cl)c5)c43)c(C)c2C1=O. The maximum absolute atomic E-state index is 13.7. The molecule has 0 spiro atoms. The van der Waals surface area contributed by atoms with Crippen LogP contribution in [0.3, 0.4) is 0 Å². The standard InChI is InChI=1S/C29H31ClFN5O2/c1-4-35(5-2)13-14-36-12-11-24-26(29(36)38)17(3)25(33-24)16-19-27-22(7-6-8-23(27)34-28(19)37)32-18-9-10-21(31)20(30)15-18/h6-10,15-16,32-33H,4-5,11-14H2,1-3H3,(H,34,37)/b19-16-. The fraction of sp³-hybridized carbons (Fsp3) is 0.310. The molecule has 7 nitrogen and oxygen atoms in total. The van der Waals surface area contributed by atoms with Crippen LogP contribution in [0.5, 0.6) is 0 Å². The maximum atomic E-state index is 13.7. The number of nitrogens with zero attached hydrogens (tertiary/aromatic N) is 2. The lowest BCUT2D eigenvalue weighted by Crippen LogP contribution is -2.42. The number of amides is 2. The molecule has 0 bridgehead atoms. The van der Waals surface area contributed by atoms with Gasteiger partial charge in [0.25, 0.3) is 11.8 Å². The van der Waals surface area contributed by atoms with Crippen molar-refractivity contribution in [2.24, 2.45) is 0 Å². The molecule has 3 heterocycles. The van der Waals surface area contributed by atoms with Gasteiger partial charge in [-0.15, -0.1) is 0 Å². The van der Waals surface area contributed by atoms with Crippen LogP contribution in [0.25, 0.3) is 11.6 Å². The van der Waals surface area contributed by atoms with E-state index in [1.165, 1.54) is 12.1 Å². The van der Waals surface area contributed by atoms with Gasteiger partial charge < -0.3 is 25.4 Å². The Hall–Kier alpha value is -3.62. The van der Waals surface area contributed by atoms with E-state index < -0.39 is 5.82 Å². The molecule has 0 atom stereocenters. The predicted molar refractivity (Wildman–Crippen MR) is 151 cm³/mol. The molecule has 2 amide bonds. The Morgan fingerprint density at radius 2 is 1.95 bits per heavy atom. The van der Waals surface area contributed by atoms with Crippen molar-refractivity contribution in [1.29, 1.82) is 0 Å². The first-order valence-electron chi connectivity index (χ1n) is 12.9. The number of likely N-dealkylation sites (N-methyl/N-ethyl adjacent to an activating group) is 1.